The minimum Gasteiger partial charge on any atom is -0.269 e. The Morgan fingerprint density at radius 1 is 1.14 bits per heavy atom. The van der Waals surface area contributed by atoms with Crippen molar-refractivity contribution in [3.8, 4) is 0 Å². The molecule has 0 fully saturated rings. The van der Waals surface area contributed by atoms with Gasteiger partial charge in [0.1, 0.15) is 0 Å². The number of hydrogen-bond acceptors (Lipinski definition) is 4. The molecule has 0 aliphatic heterocycles. The SMILES string of the molecule is CCS(=O)(=O)NCCN(c1ccccc1C(C)C)S(C)(=O)=O. The molecule has 0 aliphatic rings. The lowest BCUT2D eigenvalue weighted by molar-refractivity contribution is 0.579. The Morgan fingerprint density at radius 3 is 2.23 bits per heavy atom. The standard InChI is InChI=1S/C14H24N2O4S2/c1-5-22(19,20)15-10-11-16(21(4,17)18)14-9-7-6-8-13(14)12(2)3/h6-9,12,15H,5,10-11H2,1-4H3. The van der Waals surface area contributed by atoms with Gasteiger partial charge in [-0.2, -0.15) is 0 Å². The molecule has 0 heterocycles. The molecule has 0 saturated carbocycles. The van der Waals surface area contributed by atoms with Gasteiger partial charge in [-0.3, -0.25) is 4.31 Å². The van der Waals surface area contributed by atoms with Gasteiger partial charge in [-0.05, 0) is 24.5 Å². The van der Waals surface area contributed by atoms with Crippen LogP contribution in [0.3, 0.4) is 0 Å². The summed E-state index contributed by atoms with van der Waals surface area (Å²) in [6.45, 7) is 5.60. The zero-order valence-electron chi connectivity index (χ0n) is 13.4. The fraction of sp³-hybridized carbons (Fsp3) is 0.571. The second-order valence-corrected chi connectivity index (χ2v) is 9.35. The van der Waals surface area contributed by atoms with Gasteiger partial charge in [-0.1, -0.05) is 32.0 Å². The lowest BCUT2D eigenvalue weighted by Gasteiger charge is -2.26. The summed E-state index contributed by atoms with van der Waals surface area (Å²) in [5.41, 5.74) is 1.50. The van der Waals surface area contributed by atoms with Crippen LogP contribution in [0.15, 0.2) is 24.3 Å². The third-order valence-corrected chi connectivity index (χ3v) is 5.83. The zero-order valence-corrected chi connectivity index (χ0v) is 15.0. The highest BCUT2D eigenvalue weighted by atomic mass is 32.2. The van der Waals surface area contributed by atoms with E-state index in [2.05, 4.69) is 4.72 Å². The first-order valence-corrected chi connectivity index (χ1v) is 10.6. The summed E-state index contributed by atoms with van der Waals surface area (Å²) in [7, 11) is -6.84. The van der Waals surface area contributed by atoms with Crippen molar-refractivity contribution >= 4 is 25.7 Å². The summed E-state index contributed by atoms with van der Waals surface area (Å²) < 4.78 is 50.7. The van der Waals surface area contributed by atoms with Crippen LogP contribution < -0.4 is 9.03 Å². The molecule has 6 nitrogen and oxygen atoms in total. The van der Waals surface area contributed by atoms with Gasteiger partial charge in [0.05, 0.1) is 17.7 Å². The van der Waals surface area contributed by atoms with Gasteiger partial charge in [-0.15, -0.1) is 0 Å². The molecule has 0 radical (unpaired) electrons. The lowest BCUT2D eigenvalue weighted by Crippen LogP contribution is -2.39. The Kier molecular flexibility index (Phi) is 6.39. The predicted octanol–water partition coefficient (Wildman–Crippen LogP) is 1.52. The van der Waals surface area contributed by atoms with E-state index in [0.717, 1.165) is 11.8 Å². The van der Waals surface area contributed by atoms with Crippen molar-refractivity contribution in [2.24, 2.45) is 0 Å². The molecular weight excluding hydrogens is 324 g/mol. The van der Waals surface area contributed by atoms with Crippen molar-refractivity contribution in [3.05, 3.63) is 29.8 Å². The number of nitrogens with one attached hydrogen (secondary N) is 1. The number of rotatable bonds is 8. The number of anilines is 1. The van der Waals surface area contributed by atoms with Crippen LogP contribution in [0.4, 0.5) is 5.69 Å². The van der Waals surface area contributed by atoms with Crippen molar-refractivity contribution in [1.29, 1.82) is 0 Å². The normalized spacial score (nSPS) is 12.6. The summed E-state index contributed by atoms with van der Waals surface area (Å²) >= 11 is 0. The van der Waals surface area contributed by atoms with E-state index in [1.807, 2.05) is 26.0 Å². The molecule has 0 atom stereocenters. The van der Waals surface area contributed by atoms with Gasteiger partial charge in [0.15, 0.2) is 0 Å². The largest absolute Gasteiger partial charge is 0.269 e. The molecule has 0 aliphatic carbocycles. The van der Waals surface area contributed by atoms with E-state index in [4.69, 9.17) is 0 Å². The Hall–Kier alpha value is -1.12. The van der Waals surface area contributed by atoms with Gasteiger partial charge in [0.25, 0.3) is 0 Å². The van der Waals surface area contributed by atoms with Crippen LogP contribution in [0.5, 0.6) is 0 Å². The van der Waals surface area contributed by atoms with Crippen LogP contribution in [0, 0.1) is 0 Å². The fourth-order valence-electron chi connectivity index (χ4n) is 2.07. The maximum absolute atomic E-state index is 12.1. The number of sulfonamides is 2. The van der Waals surface area contributed by atoms with Crippen LogP contribution in [-0.4, -0.2) is 41.9 Å². The summed E-state index contributed by atoms with van der Waals surface area (Å²) in [5.74, 6) is 0.127. The van der Waals surface area contributed by atoms with Crippen LogP contribution >= 0.6 is 0 Å². The molecule has 22 heavy (non-hydrogen) atoms. The van der Waals surface area contributed by atoms with Gasteiger partial charge in [0.2, 0.25) is 20.0 Å². The molecule has 0 aromatic heterocycles. The van der Waals surface area contributed by atoms with Crippen LogP contribution in [-0.2, 0) is 20.0 Å². The Morgan fingerprint density at radius 2 is 1.73 bits per heavy atom. The van der Waals surface area contributed by atoms with E-state index in [1.54, 1.807) is 12.1 Å². The molecule has 1 aromatic carbocycles. The summed E-state index contributed by atoms with van der Waals surface area (Å²) in [4.78, 5) is 0. The molecular formula is C14H24N2O4S2. The zero-order chi connectivity index (χ0) is 17.0. The maximum Gasteiger partial charge on any atom is 0.232 e. The van der Waals surface area contributed by atoms with Crippen molar-refractivity contribution in [2.45, 2.75) is 26.7 Å². The van der Waals surface area contributed by atoms with E-state index in [0.29, 0.717) is 5.69 Å². The Bertz CT molecular complexity index is 697. The number of benzene rings is 1. The summed E-state index contributed by atoms with van der Waals surface area (Å²) in [6, 6.07) is 7.26. The Labute approximate surface area is 133 Å². The van der Waals surface area contributed by atoms with Gasteiger partial charge >= 0.3 is 0 Å². The molecule has 8 heteroatoms. The second-order valence-electron chi connectivity index (χ2n) is 5.35. The van der Waals surface area contributed by atoms with Gasteiger partial charge in [0, 0.05) is 13.1 Å². The highest BCUT2D eigenvalue weighted by molar-refractivity contribution is 7.92. The van der Waals surface area contributed by atoms with E-state index < -0.39 is 20.0 Å². The molecule has 0 unspecified atom stereocenters. The van der Waals surface area contributed by atoms with Crippen molar-refractivity contribution in [3.63, 3.8) is 0 Å². The van der Waals surface area contributed by atoms with Gasteiger partial charge < -0.3 is 0 Å². The fourth-order valence-corrected chi connectivity index (χ4v) is 3.63. The first-order valence-electron chi connectivity index (χ1n) is 7.12. The monoisotopic (exact) mass is 348 g/mol. The minimum absolute atomic E-state index is 0.0333. The first kappa shape index (κ1) is 18.9. The van der Waals surface area contributed by atoms with Crippen LogP contribution in [0.1, 0.15) is 32.3 Å². The third kappa shape index (κ3) is 5.26. The number of para-hydroxylation sites is 1. The third-order valence-electron chi connectivity index (χ3n) is 3.24. The molecule has 1 N–H and O–H groups in total. The topological polar surface area (TPSA) is 83.6 Å². The van der Waals surface area contributed by atoms with Crippen molar-refractivity contribution in [1.82, 2.24) is 4.72 Å². The molecule has 0 saturated heterocycles. The van der Waals surface area contributed by atoms with Crippen LogP contribution in [0.2, 0.25) is 0 Å². The van der Waals surface area contributed by atoms with E-state index in [1.165, 1.54) is 11.2 Å². The highest BCUT2D eigenvalue weighted by Gasteiger charge is 2.21. The molecule has 1 aromatic rings. The minimum atomic E-state index is -3.50. The lowest BCUT2D eigenvalue weighted by atomic mass is 10.0. The maximum atomic E-state index is 12.1. The molecule has 1 rings (SSSR count). The highest BCUT2D eigenvalue weighted by Crippen LogP contribution is 2.28. The van der Waals surface area contributed by atoms with Crippen molar-refractivity contribution in [2.75, 3.05) is 29.4 Å². The second kappa shape index (κ2) is 7.43. The van der Waals surface area contributed by atoms with E-state index in [9.17, 15) is 16.8 Å². The first-order chi connectivity index (χ1) is 10.1. The van der Waals surface area contributed by atoms with Crippen molar-refractivity contribution < 1.29 is 16.8 Å². The average molecular weight is 348 g/mol. The Balaban J connectivity index is 3.06. The van der Waals surface area contributed by atoms with Crippen LogP contribution in [0.25, 0.3) is 0 Å². The molecule has 0 bridgehead atoms. The average Bonchev–Trinajstić information content (AvgIpc) is 2.42. The quantitative estimate of drug-likeness (QED) is 0.772. The predicted molar refractivity (Wildman–Crippen MR) is 90.2 cm³/mol. The summed E-state index contributed by atoms with van der Waals surface area (Å²) in [6.07, 6.45) is 1.12. The number of nitrogens with zero attached hydrogens (tertiary/aromatic N) is 1. The number of hydrogen-bond donors (Lipinski definition) is 1. The van der Waals surface area contributed by atoms with Gasteiger partial charge in [-0.25, -0.2) is 21.6 Å². The molecule has 0 amide bonds. The molecule has 0 spiro atoms. The summed E-state index contributed by atoms with van der Waals surface area (Å²) in [5, 5.41) is 0. The van der Waals surface area contributed by atoms with E-state index >= 15 is 0 Å². The van der Waals surface area contributed by atoms with E-state index in [-0.39, 0.29) is 24.8 Å². The smallest absolute Gasteiger partial charge is 0.232 e. The molecule has 126 valence electrons.